The van der Waals surface area contributed by atoms with E-state index in [2.05, 4.69) is 10.3 Å². The second-order valence-corrected chi connectivity index (χ2v) is 16.1. The van der Waals surface area contributed by atoms with E-state index >= 15 is 0 Å². The first-order valence-corrected chi connectivity index (χ1v) is 17.7. The maximum absolute atomic E-state index is 14.8. The van der Waals surface area contributed by atoms with Crippen LogP contribution in [0.3, 0.4) is 0 Å². The average Bonchev–Trinajstić information content (AvgIpc) is 3.90. The fourth-order valence-corrected chi connectivity index (χ4v) is 9.11. The number of amides is 2. The molecule has 256 valence electrons. The van der Waals surface area contributed by atoms with Crippen LogP contribution in [-0.2, 0) is 9.59 Å². The highest BCUT2D eigenvalue weighted by molar-refractivity contribution is 5.88. The van der Waals surface area contributed by atoms with Crippen molar-refractivity contribution in [2.75, 3.05) is 6.54 Å². The van der Waals surface area contributed by atoms with Gasteiger partial charge in [0.1, 0.15) is 17.1 Å². The van der Waals surface area contributed by atoms with E-state index in [0.29, 0.717) is 60.2 Å². The molecule has 3 atom stereocenters. The summed E-state index contributed by atoms with van der Waals surface area (Å²) in [7, 11) is 0. The number of nitrogens with zero attached hydrogens (tertiary/aromatic N) is 3. The molecule has 9 rings (SSSR count). The Hall–Kier alpha value is -2.76. The van der Waals surface area contributed by atoms with Crippen LogP contribution in [-0.4, -0.2) is 66.7 Å². The molecule has 0 spiro atoms. The molecular formula is C35H45F4N5O3. The van der Waals surface area contributed by atoms with E-state index in [1.165, 1.54) is 0 Å². The first-order chi connectivity index (χ1) is 22.4. The highest BCUT2D eigenvalue weighted by Gasteiger charge is 2.68. The SMILES string of the molecule is O=C(CCCCCC12CC(F)(C1)C2)N1CC[C@@](O)(C(F)F)C[C@@H]1c1ccc2[nH]c([C@@H](NC(=O)C3(F)CC3)C(C3CC3)C3CC3)nc2n1. The largest absolute Gasteiger partial charge is 0.384 e. The number of fused-ring (bicyclic) bond motifs is 1. The minimum absolute atomic E-state index is 0.0128. The zero-order chi connectivity index (χ0) is 32.8. The van der Waals surface area contributed by atoms with Crippen LogP contribution < -0.4 is 5.32 Å². The lowest BCUT2D eigenvalue weighted by Gasteiger charge is -2.66. The molecule has 7 fully saturated rings. The Labute approximate surface area is 271 Å². The standard InChI is InChI=1S/C35H45F4N5O3/c36-30(37)35(47)14-15-44(25(45)4-2-1-3-11-32-17-33(38,18-32)19-32)24(16-35)22-9-10-23-28(40-22)43-29(41-23)27(42-31(46)34(39)12-13-34)26(20-5-6-20)21-7-8-21/h9-10,20-21,24,26-27,30,47H,1-8,11-19H2,(H,42,46)(H,40,41,43)/t24-,27+,32?,33?,35+/m1/s1. The van der Waals surface area contributed by atoms with Crippen molar-refractivity contribution >= 4 is 23.0 Å². The zero-order valence-corrected chi connectivity index (χ0v) is 26.8. The van der Waals surface area contributed by atoms with Gasteiger partial charge in [-0.2, -0.15) is 0 Å². The van der Waals surface area contributed by atoms with E-state index in [9.17, 15) is 32.3 Å². The third kappa shape index (κ3) is 5.94. The summed E-state index contributed by atoms with van der Waals surface area (Å²) in [5.41, 5.74) is -3.50. The first kappa shape index (κ1) is 31.5. The quantitative estimate of drug-likeness (QED) is 0.157. The average molecular weight is 660 g/mol. The summed E-state index contributed by atoms with van der Waals surface area (Å²) in [5.74, 6) is 0.778. The predicted octanol–water partition coefficient (Wildman–Crippen LogP) is 6.56. The second-order valence-electron chi connectivity index (χ2n) is 16.1. The molecule has 2 bridgehead atoms. The van der Waals surface area contributed by atoms with Gasteiger partial charge < -0.3 is 20.3 Å². The fourth-order valence-electron chi connectivity index (χ4n) is 9.11. The van der Waals surface area contributed by atoms with Gasteiger partial charge in [0.25, 0.3) is 12.3 Å². The monoisotopic (exact) mass is 659 g/mol. The molecular weight excluding hydrogens is 614 g/mol. The third-order valence-electron chi connectivity index (χ3n) is 12.2. The first-order valence-electron chi connectivity index (χ1n) is 17.7. The summed E-state index contributed by atoms with van der Waals surface area (Å²) < 4.78 is 56.7. The topological polar surface area (TPSA) is 111 Å². The molecule has 6 aliphatic carbocycles. The number of piperidine rings is 1. The van der Waals surface area contributed by atoms with Crippen molar-refractivity contribution in [1.82, 2.24) is 25.2 Å². The smallest absolute Gasteiger partial charge is 0.266 e. The molecule has 0 unspecified atom stereocenters. The highest BCUT2D eigenvalue weighted by Crippen LogP contribution is 2.71. The number of H-pyrrole nitrogens is 1. The van der Waals surface area contributed by atoms with Gasteiger partial charge in [-0.3, -0.25) is 9.59 Å². The summed E-state index contributed by atoms with van der Waals surface area (Å²) in [5, 5.41) is 13.8. The molecule has 8 nitrogen and oxygen atoms in total. The molecule has 1 aliphatic heterocycles. The number of aromatic amines is 1. The van der Waals surface area contributed by atoms with Crippen LogP contribution in [0, 0.1) is 23.2 Å². The molecule has 47 heavy (non-hydrogen) atoms. The Kier molecular flexibility index (Phi) is 7.46. The van der Waals surface area contributed by atoms with Gasteiger partial charge in [0, 0.05) is 19.4 Å². The summed E-state index contributed by atoms with van der Waals surface area (Å²) in [4.78, 5) is 40.8. The zero-order valence-electron chi connectivity index (χ0n) is 26.8. The van der Waals surface area contributed by atoms with E-state index in [1.54, 1.807) is 17.0 Å². The lowest BCUT2D eigenvalue weighted by atomic mass is 9.41. The molecule has 1 saturated heterocycles. The van der Waals surface area contributed by atoms with Gasteiger partial charge in [-0.05, 0) is 112 Å². The van der Waals surface area contributed by atoms with Gasteiger partial charge in [0.2, 0.25) is 5.91 Å². The predicted molar refractivity (Wildman–Crippen MR) is 165 cm³/mol. The van der Waals surface area contributed by atoms with E-state index < -0.39 is 41.4 Å². The second kappa shape index (κ2) is 11.1. The molecule has 0 aromatic carbocycles. The number of nitrogens with one attached hydrogen (secondary N) is 2. The van der Waals surface area contributed by atoms with Gasteiger partial charge >= 0.3 is 0 Å². The molecule has 3 heterocycles. The Morgan fingerprint density at radius 2 is 1.70 bits per heavy atom. The molecule has 2 aromatic heterocycles. The number of halogens is 4. The van der Waals surface area contributed by atoms with Gasteiger partial charge in [-0.15, -0.1) is 0 Å². The van der Waals surface area contributed by atoms with Crippen molar-refractivity contribution in [3.05, 3.63) is 23.7 Å². The normalized spacial score (nSPS) is 33.1. The van der Waals surface area contributed by atoms with Crippen LogP contribution in [0.15, 0.2) is 12.1 Å². The molecule has 12 heteroatoms. The van der Waals surface area contributed by atoms with Crippen LogP contribution >= 0.6 is 0 Å². The van der Waals surface area contributed by atoms with E-state index in [4.69, 9.17) is 9.97 Å². The van der Waals surface area contributed by atoms with Crippen LogP contribution in [0.5, 0.6) is 0 Å². The van der Waals surface area contributed by atoms with E-state index in [0.717, 1.165) is 44.9 Å². The number of aromatic nitrogens is 3. The van der Waals surface area contributed by atoms with Gasteiger partial charge in [-0.1, -0.05) is 12.8 Å². The van der Waals surface area contributed by atoms with Gasteiger partial charge in [0.15, 0.2) is 11.3 Å². The Morgan fingerprint density at radius 3 is 2.32 bits per heavy atom. The van der Waals surface area contributed by atoms with Crippen LogP contribution in [0.4, 0.5) is 17.6 Å². The summed E-state index contributed by atoms with van der Waals surface area (Å²) in [6, 6.07) is 2.09. The number of unbranched alkanes of at least 4 members (excludes halogenated alkanes) is 2. The summed E-state index contributed by atoms with van der Waals surface area (Å²) in [6.07, 6.45) is 6.86. The minimum Gasteiger partial charge on any atom is -0.384 e. The Morgan fingerprint density at radius 1 is 1.00 bits per heavy atom. The van der Waals surface area contributed by atoms with Crippen molar-refractivity contribution in [3.63, 3.8) is 0 Å². The highest BCUT2D eigenvalue weighted by atomic mass is 19.3. The minimum atomic E-state index is -2.97. The Balaban J connectivity index is 0.999. The number of aliphatic hydroxyl groups is 1. The number of carbonyl (C=O) groups is 2. The van der Waals surface area contributed by atoms with Crippen LogP contribution in [0.25, 0.3) is 11.2 Å². The van der Waals surface area contributed by atoms with Crippen molar-refractivity contribution < 1.29 is 32.3 Å². The Bertz CT molecular complexity index is 1520. The molecule has 2 aromatic rings. The fraction of sp³-hybridized carbons (Fsp3) is 0.771. The number of hydrogen-bond acceptors (Lipinski definition) is 5. The summed E-state index contributed by atoms with van der Waals surface area (Å²) >= 11 is 0. The van der Waals surface area contributed by atoms with Crippen LogP contribution in [0.2, 0.25) is 0 Å². The van der Waals surface area contributed by atoms with Crippen molar-refractivity contribution in [1.29, 1.82) is 0 Å². The van der Waals surface area contributed by atoms with Crippen molar-refractivity contribution in [3.8, 4) is 0 Å². The maximum atomic E-state index is 14.8. The number of imidazole rings is 1. The molecule has 2 amide bonds. The van der Waals surface area contributed by atoms with Gasteiger partial charge in [-0.25, -0.2) is 27.5 Å². The van der Waals surface area contributed by atoms with E-state index in [1.807, 2.05) is 0 Å². The van der Waals surface area contributed by atoms with Crippen LogP contribution in [0.1, 0.15) is 126 Å². The van der Waals surface area contributed by atoms with Gasteiger partial charge in [0.05, 0.1) is 23.3 Å². The molecule has 7 aliphatic rings. The number of rotatable bonds is 14. The number of likely N-dealkylation sites (tertiary alicyclic amines) is 1. The third-order valence-corrected chi connectivity index (χ3v) is 12.2. The molecule has 3 N–H and O–H groups in total. The van der Waals surface area contributed by atoms with Crippen molar-refractivity contribution in [2.45, 2.75) is 138 Å². The number of alkyl halides is 4. The molecule has 6 saturated carbocycles. The molecule has 0 radical (unpaired) electrons. The lowest BCUT2D eigenvalue weighted by molar-refractivity contribution is -0.217. The number of carbonyl (C=O) groups excluding carboxylic acids is 2. The maximum Gasteiger partial charge on any atom is 0.266 e. The summed E-state index contributed by atoms with van der Waals surface area (Å²) in [6.45, 7) is -0.0128. The lowest BCUT2D eigenvalue weighted by Crippen LogP contribution is -2.64. The van der Waals surface area contributed by atoms with Crippen molar-refractivity contribution in [2.24, 2.45) is 23.2 Å². The van der Waals surface area contributed by atoms with E-state index in [-0.39, 0.29) is 55.9 Å². The number of pyridine rings is 1. The number of hydrogen-bond donors (Lipinski definition) is 3.